The van der Waals surface area contributed by atoms with E-state index in [1.165, 1.54) is 0 Å². The van der Waals surface area contributed by atoms with Crippen LogP contribution in [-0.2, 0) is 45.1 Å². The predicted octanol–water partition coefficient (Wildman–Crippen LogP) is 4.07. The molecule has 0 saturated carbocycles. The molecule has 0 unspecified atom stereocenters. The first-order valence-electron chi connectivity index (χ1n) is 11.9. The molecule has 0 saturated heterocycles. The smallest absolute Gasteiger partial charge is 0.323 e. The Morgan fingerprint density at radius 3 is 1.33 bits per heavy atom. The quantitative estimate of drug-likeness (QED) is 0.330. The number of hydrogen-bond acceptors (Lipinski definition) is 6. The van der Waals surface area contributed by atoms with Crippen LogP contribution in [-0.4, -0.2) is 24.0 Å². The van der Waals surface area contributed by atoms with Crippen molar-refractivity contribution < 1.29 is 19.1 Å². The highest BCUT2D eigenvalue weighted by molar-refractivity contribution is 5.84. The first-order valence-corrected chi connectivity index (χ1v) is 11.9. The average Bonchev–Trinajstić information content (AvgIpc) is 2.91. The molecule has 4 aromatic rings. The molecule has 0 heterocycles. The van der Waals surface area contributed by atoms with Crippen LogP contribution in [0.3, 0.4) is 0 Å². The zero-order chi connectivity index (χ0) is 25.3. The van der Waals surface area contributed by atoms with Gasteiger partial charge in [0, 0.05) is 0 Å². The second-order valence-corrected chi connectivity index (χ2v) is 8.82. The number of benzene rings is 4. The van der Waals surface area contributed by atoms with E-state index in [0.29, 0.717) is 12.8 Å². The molecule has 184 valence electrons. The summed E-state index contributed by atoms with van der Waals surface area (Å²) in [5.74, 6) is -0.858. The average molecular weight is 483 g/mol. The molecule has 0 aliphatic rings. The summed E-state index contributed by atoms with van der Waals surface area (Å²) in [6, 6.07) is 29.5. The van der Waals surface area contributed by atoms with Crippen molar-refractivity contribution in [3.05, 3.63) is 119 Å². The van der Waals surface area contributed by atoms with Crippen molar-refractivity contribution in [2.45, 2.75) is 38.1 Å². The third-order valence-electron chi connectivity index (χ3n) is 5.93. The maximum atomic E-state index is 12.3. The highest BCUT2D eigenvalue weighted by Crippen LogP contribution is 2.19. The topological polar surface area (TPSA) is 105 Å². The summed E-state index contributed by atoms with van der Waals surface area (Å²) in [6.07, 6.45) is 0.865. The van der Waals surface area contributed by atoms with E-state index in [-0.39, 0.29) is 13.2 Å². The monoisotopic (exact) mass is 482 g/mol. The minimum absolute atomic E-state index is 0.149. The molecule has 0 aromatic heterocycles. The Labute approximate surface area is 210 Å². The number of esters is 2. The Morgan fingerprint density at radius 1 is 0.556 bits per heavy atom. The van der Waals surface area contributed by atoms with Gasteiger partial charge in [0.15, 0.2) is 0 Å². The van der Waals surface area contributed by atoms with Crippen molar-refractivity contribution in [2.24, 2.45) is 11.5 Å². The normalized spacial score (nSPS) is 12.6. The Balaban J connectivity index is 1.28. The number of ether oxygens (including phenoxy) is 2. The highest BCUT2D eigenvalue weighted by Gasteiger charge is 2.17. The van der Waals surface area contributed by atoms with Crippen molar-refractivity contribution in [1.29, 1.82) is 0 Å². The van der Waals surface area contributed by atoms with Crippen LogP contribution in [0.4, 0.5) is 0 Å². The van der Waals surface area contributed by atoms with Crippen LogP contribution in [0.25, 0.3) is 10.8 Å². The van der Waals surface area contributed by atoms with Gasteiger partial charge in [-0.25, -0.2) is 0 Å². The van der Waals surface area contributed by atoms with Crippen LogP contribution in [0.15, 0.2) is 97.1 Å². The lowest BCUT2D eigenvalue weighted by Crippen LogP contribution is -2.34. The van der Waals surface area contributed by atoms with Gasteiger partial charge in [-0.05, 0) is 58.0 Å². The first kappa shape index (κ1) is 25.1. The van der Waals surface area contributed by atoms with Gasteiger partial charge in [-0.3, -0.25) is 9.59 Å². The van der Waals surface area contributed by atoms with Crippen molar-refractivity contribution in [3.8, 4) is 0 Å². The molecule has 0 fully saturated rings. The van der Waals surface area contributed by atoms with E-state index in [1.54, 1.807) is 0 Å². The van der Waals surface area contributed by atoms with E-state index >= 15 is 0 Å². The molecule has 4 rings (SSSR count). The number of carbonyl (C=O) groups is 2. The van der Waals surface area contributed by atoms with Crippen molar-refractivity contribution >= 4 is 22.7 Å². The molecule has 0 bridgehead atoms. The maximum absolute atomic E-state index is 12.3. The largest absolute Gasteiger partial charge is 0.460 e. The van der Waals surface area contributed by atoms with Crippen LogP contribution < -0.4 is 11.5 Å². The van der Waals surface area contributed by atoms with Gasteiger partial charge in [0.1, 0.15) is 25.3 Å². The Bertz CT molecular complexity index is 1210. The Hall–Kier alpha value is -4.00. The molecule has 0 spiro atoms. The molecule has 2 atom stereocenters. The summed E-state index contributed by atoms with van der Waals surface area (Å²) in [5, 5.41) is 1.99. The lowest BCUT2D eigenvalue weighted by molar-refractivity contribution is -0.147. The minimum atomic E-state index is -0.709. The molecule has 0 aliphatic heterocycles. The van der Waals surface area contributed by atoms with Crippen LogP contribution in [0.5, 0.6) is 0 Å². The summed E-state index contributed by atoms with van der Waals surface area (Å²) in [6.45, 7) is 0.297. The number of hydrogen-bond donors (Lipinski definition) is 2. The summed E-state index contributed by atoms with van der Waals surface area (Å²) in [5.41, 5.74) is 15.7. The van der Waals surface area contributed by atoms with Gasteiger partial charge in [-0.2, -0.15) is 0 Å². The maximum Gasteiger partial charge on any atom is 0.323 e. The molecule has 0 aliphatic carbocycles. The number of rotatable bonds is 10. The van der Waals surface area contributed by atoms with Crippen LogP contribution in [0.2, 0.25) is 0 Å². The van der Waals surface area contributed by atoms with E-state index in [2.05, 4.69) is 0 Å². The molecular formula is C30H30N2O4. The number of nitrogens with two attached hydrogens (primary N) is 2. The number of carbonyl (C=O) groups excluding carboxylic acids is 2. The zero-order valence-electron chi connectivity index (χ0n) is 20.0. The predicted molar refractivity (Wildman–Crippen MR) is 140 cm³/mol. The van der Waals surface area contributed by atoms with E-state index in [1.807, 2.05) is 97.1 Å². The lowest BCUT2D eigenvalue weighted by atomic mass is 10.0. The van der Waals surface area contributed by atoms with Gasteiger partial charge in [0.25, 0.3) is 0 Å². The first-order chi connectivity index (χ1) is 17.5. The fourth-order valence-corrected chi connectivity index (χ4v) is 3.95. The van der Waals surface area contributed by atoms with E-state index < -0.39 is 24.0 Å². The molecule has 4 aromatic carbocycles. The van der Waals surface area contributed by atoms with Gasteiger partial charge in [-0.15, -0.1) is 0 Å². The van der Waals surface area contributed by atoms with Gasteiger partial charge in [-0.1, -0.05) is 84.9 Å². The molecular weight excluding hydrogens is 452 g/mol. The third-order valence-corrected chi connectivity index (χ3v) is 5.93. The Kier molecular flexibility index (Phi) is 8.44. The molecule has 6 nitrogen and oxygen atoms in total. The van der Waals surface area contributed by atoms with E-state index in [9.17, 15) is 9.59 Å². The molecule has 0 amide bonds. The van der Waals surface area contributed by atoms with Crippen LogP contribution in [0.1, 0.15) is 22.3 Å². The standard InChI is InChI=1S/C30H30N2O4/c31-27(17-21-7-3-1-4-8-21)29(33)35-19-23-11-13-26-16-24(12-14-25(26)15-23)20-36-30(34)28(32)18-22-9-5-2-6-10-22/h1-16,27-28H,17-20,31-32H2/t27-,28-/m1/s1. The summed E-state index contributed by atoms with van der Waals surface area (Å²) in [4.78, 5) is 24.6. The van der Waals surface area contributed by atoms with Crippen molar-refractivity contribution in [1.82, 2.24) is 0 Å². The van der Waals surface area contributed by atoms with E-state index in [4.69, 9.17) is 20.9 Å². The van der Waals surface area contributed by atoms with Crippen molar-refractivity contribution in [2.75, 3.05) is 0 Å². The fraction of sp³-hybridized carbons (Fsp3) is 0.200. The van der Waals surface area contributed by atoms with Gasteiger partial charge < -0.3 is 20.9 Å². The molecule has 4 N–H and O–H groups in total. The number of fused-ring (bicyclic) bond motifs is 1. The van der Waals surface area contributed by atoms with Gasteiger partial charge in [0.05, 0.1) is 0 Å². The molecule has 36 heavy (non-hydrogen) atoms. The zero-order valence-corrected chi connectivity index (χ0v) is 20.0. The van der Waals surface area contributed by atoms with E-state index in [0.717, 1.165) is 33.0 Å². The van der Waals surface area contributed by atoms with Crippen molar-refractivity contribution in [3.63, 3.8) is 0 Å². The second kappa shape index (κ2) is 12.1. The summed E-state index contributed by atoms with van der Waals surface area (Å²) >= 11 is 0. The minimum Gasteiger partial charge on any atom is -0.460 e. The summed E-state index contributed by atoms with van der Waals surface area (Å²) in [7, 11) is 0. The second-order valence-electron chi connectivity index (χ2n) is 8.82. The fourth-order valence-electron chi connectivity index (χ4n) is 3.95. The SMILES string of the molecule is N[C@H](Cc1ccccc1)C(=O)OCc1ccc2cc(COC(=O)[C@H](N)Cc3ccccc3)ccc2c1. The van der Waals surface area contributed by atoms with Crippen LogP contribution >= 0.6 is 0 Å². The van der Waals surface area contributed by atoms with Crippen LogP contribution in [0, 0.1) is 0 Å². The van der Waals surface area contributed by atoms with Gasteiger partial charge in [0.2, 0.25) is 0 Å². The van der Waals surface area contributed by atoms with Gasteiger partial charge >= 0.3 is 11.9 Å². The third kappa shape index (κ3) is 7.01. The summed E-state index contributed by atoms with van der Waals surface area (Å²) < 4.78 is 10.9. The lowest BCUT2D eigenvalue weighted by Gasteiger charge is -2.13. The molecule has 0 radical (unpaired) electrons. The highest BCUT2D eigenvalue weighted by atomic mass is 16.5. The Morgan fingerprint density at radius 2 is 0.944 bits per heavy atom. The molecule has 6 heteroatoms.